The molecule has 3 aromatic heterocycles. The number of hydrogen-bond donors (Lipinski definition) is 0. The zero-order valence-corrected chi connectivity index (χ0v) is 20.3. The van der Waals surface area contributed by atoms with Crippen molar-refractivity contribution in [2.45, 2.75) is 54.1 Å². The predicted molar refractivity (Wildman–Crippen MR) is 130 cm³/mol. The molecule has 0 saturated heterocycles. The van der Waals surface area contributed by atoms with Gasteiger partial charge in [0.05, 0.1) is 22.1 Å². The number of hydrogen-bond acceptors (Lipinski definition) is 7. The van der Waals surface area contributed by atoms with Crippen LogP contribution >= 0.6 is 11.3 Å². The molecule has 0 amide bonds. The monoisotopic (exact) mass is 447 g/mol. The van der Waals surface area contributed by atoms with E-state index in [4.69, 9.17) is 9.72 Å². The molecule has 4 heterocycles. The van der Waals surface area contributed by atoms with Crippen molar-refractivity contribution < 1.29 is 4.74 Å². The zero-order chi connectivity index (χ0) is 22.8. The van der Waals surface area contributed by atoms with Gasteiger partial charge in [-0.25, -0.2) is 15.0 Å². The number of aromatic nitrogens is 4. The minimum Gasteiger partial charge on any atom is -0.487 e. The highest BCUT2D eigenvalue weighted by molar-refractivity contribution is 7.09. The van der Waals surface area contributed by atoms with Crippen LogP contribution in [0.4, 0.5) is 5.69 Å². The Morgan fingerprint density at radius 3 is 2.62 bits per heavy atom. The molecule has 6 nitrogen and oxygen atoms in total. The maximum atomic E-state index is 6.10. The minimum absolute atomic E-state index is 0.270. The molecule has 0 aromatic carbocycles. The number of rotatable bonds is 6. The highest BCUT2D eigenvalue weighted by Crippen LogP contribution is 2.32. The second-order valence-electron chi connectivity index (χ2n) is 8.47. The average Bonchev–Trinajstić information content (AvgIpc) is 3.19. The van der Waals surface area contributed by atoms with Gasteiger partial charge in [0.1, 0.15) is 18.2 Å². The first kappa shape index (κ1) is 22.1. The summed E-state index contributed by atoms with van der Waals surface area (Å²) in [5.74, 6) is 2.02. The molecule has 0 fully saturated rings. The summed E-state index contributed by atoms with van der Waals surface area (Å²) in [7, 11) is 0. The Morgan fingerprint density at radius 2 is 1.91 bits per heavy atom. The maximum absolute atomic E-state index is 6.10. The first-order chi connectivity index (χ1) is 15.3. The molecule has 0 radical (unpaired) electrons. The van der Waals surface area contributed by atoms with E-state index in [0.717, 1.165) is 57.2 Å². The van der Waals surface area contributed by atoms with Crippen molar-refractivity contribution in [3.63, 3.8) is 0 Å². The highest BCUT2D eigenvalue weighted by Gasteiger charge is 2.21. The number of thiazole rings is 1. The molecular formula is C25H29N5OS. The van der Waals surface area contributed by atoms with E-state index in [1.807, 2.05) is 25.4 Å². The summed E-state index contributed by atoms with van der Waals surface area (Å²) in [6, 6.07) is 4.04. The molecule has 1 aliphatic heterocycles. The van der Waals surface area contributed by atoms with Crippen molar-refractivity contribution in [3.05, 3.63) is 75.1 Å². The van der Waals surface area contributed by atoms with Crippen molar-refractivity contribution >= 4 is 17.0 Å². The van der Waals surface area contributed by atoms with Gasteiger partial charge in [-0.05, 0) is 57.0 Å². The van der Waals surface area contributed by atoms with Crippen molar-refractivity contribution in [2.24, 2.45) is 0 Å². The lowest BCUT2D eigenvalue weighted by atomic mass is 10.1. The third kappa shape index (κ3) is 4.72. The topological polar surface area (TPSA) is 64.0 Å². The fraction of sp³-hybridized carbons (Fsp3) is 0.360. The Balaban J connectivity index is 1.58. The van der Waals surface area contributed by atoms with Crippen LogP contribution in [-0.2, 0) is 11.3 Å². The molecule has 7 heteroatoms. The summed E-state index contributed by atoms with van der Waals surface area (Å²) in [6.45, 7) is 13.8. The quantitative estimate of drug-likeness (QED) is 0.465. The first-order valence-corrected chi connectivity index (χ1v) is 11.7. The summed E-state index contributed by atoms with van der Waals surface area (Å²) in [5.41, 5.74) is 7.23. The number of anilines is 1. The van der Waals surface area contributed by atoms with Crippen LogP contribution in [0.2, 0.25) is 0 Å². The summed E-state index contributed by atoms with van der Waals surface area (Å²) < 4.78 is 6.10. The molecular weight excluding hydrogens is 418 g/mol. The maximum Gasteiger partial charge on any atom is 0.131 e. The number of ether oxygens (including phenoxy) is 1. The van der Waals surface area contributed by atoms with E-state index in [-0.39, 0.29) is 5.92 Å². The van der Waals surface area contributed by atoms with Crippen molar-refractivity contribution in [1.29, 1.82) is 0 Å². The largest absolute Gasteiger partial charge is 0.487 e. The Bertz CT molecular complexity index is 1190. The fourth-order valence-electron chi connectivity index (χ4n) is 3.64. The van der Waals surface area contributed by atoms with Gasteiger partial charge in [0, 0.05) is 41.6 Å². The van der Waals surface area contributed by atoms with Gasteiger partial charge in [-0.2, -0.15) is 0 Å². The van der Waals surface area contributed by atoms with E-state index in [1.54, 1.807) is 11.3 Å². The predicted octanol–water partition coefficient (Wildman–Crippen LogP) is 5.95. The van der Waals surface area contributed by atoms with E-state index in [2.05, 4.69) is 72.0 Å². The molecule has 0 unspecified atom stereocenters. The van der Waals surface area contributed by atoms with Crippen LogP contribution in [0.15, 0.2) is 53.0 Å². The summed E-state index contributed by atoms with van der Waals surface area (Å²) in [4.78, 5) is 20.5. The van der Waals surface area contributed by atoms with Gasteiger partial charge >= 0.3 is 0 Å². The Hall–Kier alpha value is -3.06. The average molecular weight is 448 g/mol. The zero-order valence-electron chi connectivity index (χ0n) is 19.5. The van der Waals surface area contributed by atoms with Gasteiger partial charge in [0.2, 0.25) is 0 Å². The summed E-state index contributed by atoms with van der Waals surface area (Å²) >= 11 is 1.65. The van der Waals surface area contributed by atoms with Crippen molar-refractivity contribution in [3.8, 4) is 11.4 Å². The van der Waals surface area contributed by atoms with Gasteiger partial charge < -0.3 is 9.64 Å². The van der Waals surface area contributed by atoms with E-state index < -0.39 is 0 Å². The minimum atomic E-state index is 0.270. The van der Waals surface area contributed by atoms with Crippen LogP contribution in [0.5, 0.6) is 0 Å². The van der Waals surface area contributed by atoms with Crippen molar-refractivity contribution in [2.75, 3.05) is 11.4 Å². The number of pyridine rings is 1. The lowest BCUT2D eigenvalue weighted by Gasteiger charge is -2.32. The van der Waals surface area contributed by atoms with Crippen LogP contribution in [0.1, 0.15) is 55.7 Å². The summed E-state index contributed by atoms with van der Waals surface area (Å²) in [6.07, 6.45) is 5.84. The van der Waals surface area contributed by atoms with E-state index in [0.29, 0.717) is 6.61 Å². The van der Waals surface area contributed by atoms with Crippen LogP contribution in [0.25, 0.3) is 11.4 Å². The smallest absolute Gasteiger partial charge is 0.131 e. The number of allylic oxidation sites excluding steroid dienone is 2. The Kier molecular flexibility index (Phi) is 6.37. The standard InChI is InChI=1S/C25H29N5OS/c1-15(2)25-26-8-7-21(29-25)22-10-23(16(3)11-27-22)30-12-17(4)24(9-18(30)5)31-13-20-14-32-19(6)28-20/h7-11,14-15H,12-13H2,1-6H3. The molecule has 32 heavy (non-hydrogen) atoms. The van der Waals surface area contributed by atoms with Crippen LogP contribution in [-0.4, -0.2) is 26.5 Å². The number of nitrogens with zero attached hydrogens (tertiary/aromatic N) is 5. The first-order valence-electron chi connectivity index (χ1n) is 10.8. The van der Waals surface area contributed by atoms with E-state index in [1.165, 1.54) is 5.57 Å². The van der Waals surface area contributed by atoms with E-state index in [9.17, 15) is 0 Å². The third-order valence-electron chi connectivity index (χ3n) is 5.44. The fourth-order valence-corrected chi connectivity index (χ4v) is 4.23. The van der Waals surface area contributed by atoms with Crippen LogP contribution in [0, 0.1) is 13.8 Å². The molecule has 1 aliphatic rings. The molecule has 0 saturated carbocycles. The van der Waals surface area contributed by atoms with Gasteiger partial charge in [0.15, 0.2) is 0 Å². The lowest BCUT2D eigenvalue weighted by molar-refractivity contribution is 0.203. The summed E-state index contributed by atoms with van der Waals surface area (Å²) in [5, 5.41) is 3.11. The van der Waals surface area contributed by atoms with Gasteiger partial charge in [-0.3, -0.25) is 4.98 Å². The molecule has 4 rings (SSSR count). The van der Waals surface area contributed by atoms with Gasteiger partial charge in [-0.15, -0.1) is 11.3 Å². The molecule has 166 valence electrons. The van der Waals surface area contributed by atoms with Crippen LogP contribution < -0.4 is 4.90 Å². The molecule has 0 spiro atoms. The Morgan fingerprint density at radius 1 is 1.09 bits per heavy atom. The molecule has 0 bridgehead atoms. The molecule has 0 aliphatic carbocycles. The van der Waals surface area contributed by atoms with Gasteiger partial charge in [0.25, 0.3) is 0 Å². The number of aryl methyl sites for hydroxylation is 2. The normalized spacial score (nSPS) is 14.2. The molecule has 3 aromatic rings. The Labute approximate surface area is 193 Å². The SMILES string of the molecule is CC1=CC(OCc2csc(C)n2)=C(C)CN1c1cc(-c2ccnc(C(C)C)n2)ncc1C. The lowest BCUT2D eigenvalue weighted by Crippen LogP contribution is -2.28. The van der Waals surface area contributed by atoms with Crippen molar-refractivity contribution in [1.82, 2.24) is 19.9 Å². The highest BCUT2D eigenvalue weighted by atomic mass is 32.1. The van der Waals surface area contributed by atoms with E-state index >= 15 is 0 Å². The second-order valence-corrected chi connectivity index (χ2v) is 9.54. The van der Waals surface area contributed by atoms with Gasteiger partial charge in [-0.1, -0.05) is 13.8 Å². The third-order valence-corrected chi connectivity index (χ3v) is 6.26. The second kappa shape index (κ2) is 9.20. The molecule has 0 atom stereocenters. The molecule has 0 N–H and O–H groups in total. The van der Waals surface area contributed by atoms with Crippen LogP contribution in [0.3, 0.4) is 0 Å².